The molecule has 0 fully saturated rings. The fourth-order valence-electron chi connectivity index (χ4n) is 3.98. The zero-order chi connectivity index (χ0) is 22.8. The van der Waals surface area contributed by atoms with E-state index in [-0.39, 0.29) is 5.91 Å². The molecule has 0 saturated carbocycles. The van der Waals surface area contributed by atoms with Crippen molar-refractivity contribution in [1.29, 1.82) is 0 Å². The lowest BCUT2D eigenvalue weighted by molar-refractivity contribution is 0.0849. The Kier molecular flexibility index (Phi) is 5.66. The Morgan fingerprint density at radius 3 is 2.55 bits per heavy atom. The van der Waals surface area contributed by atoms with Crippen molar-refractivity contribution >= 4 is 23.2 Å². The normalized spacial score (nSPS) is 12.3. The molecule has 0 bridgehead atoms. The summed E-state index contributed by atoms with van der Waals surface area (Å²) in [6, 6.07) is 18.8. The molecule has 0 atom stereocenters. The standard InChI is InChI=1S/C25H22N4O3S/c1-32-20-12-6-5-11-18(20)23-19(15-29(28-23)17-9-3-2-4-10-17)24(30)26-27-25(31)22-14-16-8-7-13-21(16)33-22/h2-6,9-12,14-15H,7-8,13H2,1H3,(H,26,30)(H,27,31). The van der Waals surface area contributed by atoms with Gasteiger partial charge in [-0.15, -0.1) is 11.3 Å². The van der Waals surface area contributed by atoms with Gasteiger partial charge in [-0.3, -0.25) is 20.4 Å². The average molecular weight is 459 g/mol. The number of methoxy groups -OCH3 is 1. The lowest BCUT2D eigenvalue weighted by Crippen LogP contribution is -2.41. The summed E-state index contributed by atoms with van der Waals surface area (Å²) in [5.74, 6) is -0.186. The minimum atomic E-state index is -0.462. The Hall–Kier alpha value is -3.91. The molecule has 0 radical (unpaired) electrons. The van der Waals surface area contributed by atoms with Crippen LogP contribution in [0.3, 0.4) is 0 Å². The fraction of sp³-hybridized carbons (Fsp3) is 0.160. The van der Waals surface area contributed by atoms with Crippen LogP contribution in [0.2, 0.25) is 0 Å². The van der Waals surface area contributed by atoms with Crippen molar-refractivity contribution in [3.63, 3.8) is 0 Å². The maximum Gasteiger partial charge on any atom is 0.279 e. The molecular formula is C25H22N4O3S. The summed E-state index contributed by atoms with van der Waals surface area (Å²) >= 11 is 1.49. The van der Waals surface area contributed by atoms with E-state index in [9.17, 15) is 9.59 Å². The highest BCUT2D eigenvalue weighted by Gasteiger charge is 2.23. The highest BCUT2D eigenvalue weighted by molar-refractivity contribution is 7.14. The third-order valence-electron chi connectivity index (χ3n) is 5.60. The number of carbonyl (C=O) groups is 2. The van der Waals surface area contributed by atoms with Gasteiger partial charge in [-0.05, 0) is 55.2 Å². The number of para-hydroxylation sites is 2. The SMILES string of the molecule is COc1ccccc1-c1nn(-c2ccccc2)cc1C(=O)NNC(=O)c1cc2c(s1)CCC2. The Balaban J connectivity index is 1.43. The summed E-state index contributed by atoms with van der Waals surface area (Å²) in [7, 11) is 1.57. The number of nitrogens with one attached hydrogen (secondary N) is 2. The lowest BCUT2D eigenvalue weighted by atomic mass is 10.1. The predicted octanol–water partition coefficient (Wildman–Crippen LogP) is 4.17. The minimum absolute atomic E-state index is 0.317. The molecule has 1 aliphatic carbocycles. The third-order valence-corrected chi connectivity index (χ3v) is 6.84. The van der Waals surface area contributed by atoms with Gasteiger partial charge in [0, 0.05) is 16.6 Å². The molecular weight excluding hydrogens is 436 g/mol. The summed E-state index contributed by atoms with van der Waals surface area (Å²) in [4.78, 5) is 27.6. The smallest absolute Gasteiger partial charge is 0.279 e. The van der Waals surface area contributed by atoms with E-state index in [1.54, 1.807) is 18.0 Å². The van der Waals surface area contributed by atoms with E-state index in [0.29, 0.717) is 27.4 Å². The first-order valence-electron chi connectivity index (χ1n) is 10.6. The molecule has 33 heavy (non-hydrogen) atoms. The van der Waals surface area contributed by atoms with Crippen LogP contribution >= 0.6 is 11.3 Å². The van der Waals surface area contributed by atoms with E-state index in [4.69, 9.17) is 4.74 Å². The van der Waals surface area contributed by atoms with Crippen LogP contribution in [0.15, 0.2) is 66.9 Å². The Morgan fingerprint density at radius 1 is 1.00 bits per heavy atom. The molecule has 0 saturated heterocycles. The predicted molar refractivity (Wildman–Crippen MR) is 127 cm³/mol. The molecule has 166 valence electrons. The number of ether oxygens (including phenoxy) is 1. The van der Waals surface area contributed by atoms with Crippen LogP contribution in [0, 0.1) is 0 Å². The number of thiophene rings is 1. The van der Waals surface area contributed by atoms with E-state index >= 15 is 0 Å². The molecule has 2 heterocycles. The molecule has 2 aromatic carbocycles. The zero-order valence-electron chi connectivity index (χ0n) is 18.0. The number of aromatic nitrogens is 2. The number of hydrazine groups is 1. The van der Waals surface area contributed by atoms with E-state index in [2.05, 4.69) is 16.0 Å². The van der Waals surface area contributed by atoms with Crippen molar-refractivity contribution < 1.29 is 14.3 Å². The molecule has 2 aromatic heterocycles. The molecule has 2 N–H and O–H groups in total. The number of hydrogen-bond donors (Lipinski definition) is 2. The molecule has 5 rings (SSSR count). The molecule has 8 heteroatoms. The number of benzene rings is 2. The minimum Gasteiger partial charge on any atom is -0.496 e. The molecule has 7 nitrogen and oxygen atoms in total. The number of amides is 2. The van der Waals surface area contributed by atoms with Gasteiger partial charge >= 0.3 is 0 Å². The van der Waals surface area contributed by atoms with Gasteiger partial charge in [0.2, 0.25) is 0 Å². The first-order chi connectivity index (χ1) is 16.1. The molecule has 2 amide bonds. The number of nitrogens with zero attached hydrogens (tertiary/aromatic N) is 2. The second kappa shape index (κ2) is 8.91. The van der Waals surface area contributed by atoms with Gasteiger partial charge in [-0.1, -0.05) is 30.3 Å². The van der Waals surface area contributed by atoms with E-state index in [0.717, 1.165) is 24.9 Å². The summed E-state index contributed by atoms with van der Waals surface area (Å²) in [6.07, 6.45) is 4.81. The first-order valence-corrected chi connectivity index (χ1v) is 11.5. The van der Waals surface area contributed by atoms with Gasteiger partial charge in [0.25, 0.3) is 11.8 Å². The topological polar surface area (TPSA) is 85.2 Å². The van der Waals surface area contributed by atoms with Crippen molar-refractivity contribution in [2.24, 2.45) is 0 Å². The number of fused-ring (bicyclic) bond motifs is 1. The van der Waals surface area contributed by atoms with Crippen LogP contribution in [0.4, 0.5) is 0 Å². The molecule has 4 aromatic rings. The fourth-order valence-corrected chi connectivity index (χ4v) is 5.12. The third kappa shape index (κ3) is 4.12. The lowest BCUT2D eigenvalue weighted by Gasteiger charge is -2.09. The summed E-state index contributed by atoms with van der Waals surface area (Å²) < 4.78 is 7.13. The second-order valence-corrected chi connectivity index (χ2v) is 8.83. The Labute approximate surface area is 195 Å². The summed E-state index contributed by atoms with van der Waals surface area (Å²) in [6.45, 7) is 0. The van der Waals surface area contributed by atoms with E-state index < -0.39 is 5.91 Å². The maximum absolute atomic E-state index is 13.1. The highest BCUT2D eigenvalue weighted by Crippen LogP contribution is 2.32. The largest absolute Gasteiger partial charge is 0.496 e. The average Bonchev–Trinajstić information content (AvgIpc) is 3.58. The second-order valence-electron chi connectivity index (χ2n) is 7.69. The quantitative estimate of drug-likeness (QED) is 0.440. The van der Waals surface area contributed by atoms with Gasteiger partial charge in [0.15, 0.2) is 0 Å². The summed E-state index contributed by atoms with van der Waals surface area (Å²) in [5.41, 5.74) is 8.59. The van der Waals surface area contributed by atoms with Crippen molar-refractivity contribution in [2.75, 3.05) is 7.11 Å². The Bertz CT molecular complexity index is 1310. The van der Waals surface area contributed by atoms with E-state index in [1.807, 2.05) is 60.7 Å². The van der Waals surface area contributed by atoms with E-state index in [1.165, 1.54) is 21.8 Å². The first kappa shape index (κ1) is 21.0. The molecule has 0 aliphatic heterocycles. The van der Waals surface area contributed by atoms with Crippen molar-refractivity contribution in [3.8, 4) is 22.7 Å². The number of carbonyl (C=O) groups excluding carboxylic acids is 2. The number of rotatable bonds is 5. The van der Waals surface area contributed by atoms with Crippen LogP contribution in [-0.2, 0) is 12.8 Å². The Morgan fingerprint density at radius 2 is 1.76 bits per heavy atom. The van der Waals surface area contributed by atoms with Gasteiger partial charge < -0.3 is 4.74 Å². The molecule has 0 spiro atoms. The monoisotopic (exact) mass is 458 g/mol. The van der Waals surface area contributed by atoms with Crippen LogP contribution in [0.1, 0.15) is 36.9 Å². The van der Waals surface area contributed by atoms with Crippen LogP contribution in [-0.4, -0.2) is 28.7 Å². The van der Waals surface area contributed by atoms with Gasteiger partial charge in [0.05, 0.1) is 23.2 Å². The highest BCUT2D eigenvalue weighted by atomic mass is 32.1. The molecule has 0 unspecified atom stereocenters. The van der Waals surface area contributed by atoms with Gasteiger partial charge in [-0.25, -0.2) is 4.68 Å². The maximum atomic E-state index is 13.1. The van der Waals surface area contributed by atoms with Crippen molar-refractivity contribution in [1.82, 2.24) is 20.6 Å². The van der Waals surface area contributed by atoms with Crippen molar-refractivity contribution in [2.45, 2.75) is 19.3 Å². The van der Waals surface area contributed by atoms with Gasteiger partial charge in [-0.2, -0.15) is 5.10 Å². The van der Waals surface area contributed by atoms with Crippen LogP contribution in [0.5, 0.6) is 5.75 Å². The number of hydrogen-bond acceptors (Lipinski definition) is 5. The van der Waals surface area contributed by atoms with Gasteiger partial charge in [0.1, 0.15) is 11.4 Å². The summed E-state index contributed by atoms with van der Waals surface area (Å²) in [5, 5.41) is 4.66. The van der Waals surface area contributed by atoms with Crippen LogP contribution in [0.25, 0.3) is 16.9 Å². The van der Waals surface area contributed by atoms with Crippen LogP contribution < -0.4 is 15.6 Å². The molecule has 1 aliphatic rings. The van der Waals surface area contributed by atoms with Crippen molar-refractivity contribution in [3.05, 3.63) is 87.7 Å². The number of aryl methyl sites for hydroxylation is 2. The zero-order valence-corrected chi connectivity index (χ0v) is 18.8.